The third-order valence-electron chi connectivity index (χ3n) is 3.72. The quantitative estimate of drug-likeness (QED) is 0.771. The molecule has 3 heteroatoms. The Morgan fingerprint density at radius 2 is 1.75 bits per heavy atom. The summed E-state index contributed by atoms with van der Waals surface area (Å²) in [5.74, 6) is 0.0478. The molecule has 0 aromatic heterocycles. The van der Waals surface area contributed by atoms with Crippen LogP contribution in [0.5, 0.6) is 0 Å². The van der Waals surface area contributed by atoms with Gasteiger partial charge in [0.15, 0.2) is 0 Å². The van der Waals surface area contributed by atoms with Crippen LogP contribution in [0.4, 0.5) is 8.78 Å². The highest BCUT2D eigenvalue weighted by Gasteiger charge is 2.39. The van der Waals surface area contributed by atoms with E-state index in [1.165, 1.54) is 12.1 Å². The highest BCUT2D eigenvalue weighted by molar-refractivity contribution is 5.38. The van der Waals surface area contributed by atoms with Crippen LogP contribution in [0.2, 0.25) is 0 Å². The number of halogens is 2. The smallest absolute Gasteiger partial charge is 0.128 e. The summed E-state index contributed by atoms with van der Waals surface area (Å²) >= 11 is 0. The normalized spacial score (nSPS) is 28.9. The van der Waals surface area contributed by atoms with Crippen LogP contribution in [0.1, 0.15) is 42.9 Å². The first-order chi connectivity index (χ1) is 7.68. The molecule has 1 saturated carbocycles. The number of hydrogen-bond donors (Lipinski definition) is 1. The molecule has 2 unspecified atom stereocenters. The van der Waals surface area contributed by atoms with Crippen LogP contribution in [-0.2, 0) is 0 Å². The third-order valence-corrected chi connectivity index (χ3v) is 3.72. The van der Waals surface area contributed by atoms with E-state index in [1.807, 2.05) is 6.92 Å². The second kappa shape index (κ2) is 3.52. The van der Waals surface area contributed by atoms with Crippen molar-refractivity contribution in [3.63, 3.8) is 0 Å². The summed E-state index contributed by atoms with van der Waals surface area (Å²) in [4.78, 5) is 0. The van der Waals surface area contributed by atoms with E-state index in [0.717, 1.165) is 19.4 Å². The van der Waals surface area contributed by atoms with E-state index in [-0.39, 0.29) is 23.6 Å². The average Bonchev–Trinajstić information content (AvgIpc) is 3.07. The fourth-order valence-corrected chi connectivity index (χ4v) is 2.74. The molecule has 1 aromatic carbocycles. The maximum Gasteiger partial charge on any atom is 0.128 e. The van der Waals surface area contributed by atoms with Crippen LogP contribution < -0.4 is 5.32 Å². The van der Waals surface area contributed by atoms with Crippen LogP contribution in [0, 0.1) is 17.6 Å². The van der Waals surface area contributed by atoms with Gasteiger partial charge in [0.2, 0.25) is 0 Å². The van der Waals surface area contributed by atoms with Crippen molar-refractivity contribution in [2.75, 3.05) is 6.54 Å². The molecule has 86 valence electrons. The summed E-state index contributed by atoms with van der Waals surface area (Å²) in [6.07, 6.45) is 2.25. The van der Waals surface area contributed by atoms with Crippen LogP contribution in [0.15, 0.2) is 12.1 Å². The van der Waals surface area contributed by atoms with Crippen molar-refractivity contribution in [1.29, 1.82) is 0 Å². The first kappa shape index (κ1) is 10.2. The summed E-state index contributed by atoms with van der Waals surface area (Å²) in [6, 6.07) is 2.53. The lowest BCUT2D eigenvalue weighted by molar-refractivity contribution is 0.396. The second-order valence-electron chi connectivity index (χ2n) is 4.98. The summed E-state index contributed by atoms with van der Waals surface area (Å²) < 4.78 is 27.6. The van der Waals surface area contributed by atoms with Crippen molar-refractivity contribution < 1.29 is 8.78 Å². The molecule has 1 fully saturated rings. The van der Waals surface area contributed by atoms with Crippen molar-refractivity contribution >= 4 is 0 Å². The Bertz CT molecular complexity index is 426. The minimum Gasteiger partial charge on any atom is -0.309 e. The maximum absolute atomic E-state index is 13.9. The predicted octanol–water partition coefficient (Wildman–Crippen LogP) is 3.12. The van der Waals surface area contributed by atoms with Gasteiger partial charge in [-0.05, 0) is 42.4 Å². The van der Waals surface area contributed by atoms with Gasteiger partial charge in [-0.15, -0.1) is 0 Å². The molecular formula is C13H15F2N. The monoisotopic (exact) mass is 223 g/mol. The molecule has 3 rings (SSSR count). The van der Waals surface area contributed by atoms with Gasteiger partial charge in [0.05, 0.1) is 0 Å². The summed E-state index contributed by atoms with van der Waals surface area (Å²) in [7, 11) is 0. The summed E-state index contributed by atoms with van der Waals surface area (Å²) in [6.45, 7) is 2.69. The van der Waals surface area contributed by atoms with Gasteiger partial charge in [0, 0.05) is 18.2 Å². The van der Waals surface area contributed by atoms with Gasteiger partial charge in [0.1, 0.15) is 11.6 Å². The molecule has 1 N–H and O–H groups in total. The van der Waals surface area contributed by atoms with Crippen molar-refractivity contribution in [1.82, 2.24) is 5.32 Å². The van der Waals surface area contributed by atoms with E-state index in [1.54, 1.807) is 0 Å². The van der Waals surface area contributed by atoms with Crippen molar-refractivity contribution in [3.05, 3.63) is 34.9 Å². The molecule has 2 aliphatic rings. The number of nitrogens with one attached hydrogen (secondary N) is 1. The highest BCUT2D eigenvalue weighted by atomic mass is 19.1. The zero-order valence-electron chi connectivity index (χ0n) is 9.26. The summed E-state index contributed by atoms with van der Waals surface area (Å²) in [5, 5.41) is 3.35. The third kappa shape index (κ3) is 1.46. The number of hydrogen-bond acceptors (Lipinski definition) is 1. The van der Waals surface area contributed by atoms with Crippen LogP contribution in [0.25, 0.3) is 0 Å². The lowest BCUT2D eigenvalue weighted by Gasteiger charge is -2.31. The molecule has 0 saturated heterocycles. The highest BCUT2D eigenvalue weighted by Crippen LogP contribution is 2.46. The van der Waals surface area contributed by atoms with Gasteiger partial charge in [-0.2, -0.15) is 0 Å². The molecule has 1 aliphatic carbocycles. The Kier molecular flexibility index (Phi) is 2.25. The minimum absolute atomic E-state index is 0.0295. The Morgan fingerprint density at radius 3 is 2.38 bits per heavy atom. The van der Waals surface area contributed by atoms with Gasteiger partial charge in [-0.1, -0.05) is 6.92 Å². The number of benzene rings is 1. The van der Waals surface area contributed by atoms with E-state index in [4.69, 9.17) is 0 Å². The summed E-state index contributed by atoms with van der Waals surface area (Å²) in [5.41, 5.74) is 1.18. The molecule has 0 amide bonds. The molecule has 1 nitrogen and oxygen atoms in total. The fourth-order valence-electron chi connectivity index (χ4n) is 2.74. The Labute approximate surface area is 93.9 Å². The van der Waals surface area contributed by atoms with Crippen LogP contribution in [-0.4, -0.2) is 6.54 Å². The van der Waals surface area contributed by atoms with E-state index in [2.05, 4.69) is 5.32 Å². The molecule has 1 aliphatic heterocycles. The Hall–Kier alpha value is -0.960. The zero-order valence-corrected chi connectivity index (χ0v) is 9.26. The molecule has 16 heavy (non-hydrogen) atoms. The van der Waals surface area contributed by atoms with E-state index in [0.29, 0.717) is 17.0 Å². The molecule has 0 bridgehead atoms. The molecule has 2 atom stereocenters. The maximum atomic E-state index is 13.9. The van der Waals surface area contributed by atoms with Crippen molar-refractivity contribution in [3.8, 4) is 0 Å². The predicted molar refractivity (Wildman–Crippen MR) is 58.2 cm³/mol. The van der Waals surface area contributed by atoms with E-state index < -0.39 is 0 Å². The number of fused-ring (bicyclic) bond motifs is 1. The number of rotatable bonds is 1. The van der Waals surface area contributed by atoms with E-state index >= 15 is 0 Å². The lowest BCUT2D eigenvalue weighted by atomic mass is 9.85. The SMILES string of the molecule is CC1CNC(C2CC2)c2c(F)ccc(F)c21. The molecule has 1 heterocycles. The largest absolute Gasteiger partial charge is 0.309 e. The van der Waals surface area contributed by atoms with Crippen LogP contribution in [0.3, 0.4) is 0 Å². The molecular weight excluding hydrogens is 208 g/mol. The molecule has 1 aromatic rings. The van der Waals surface area contributed by atoms with Crippen LogP contribution >= 0.6 is 0 Å². The van der Waals surface area contributed by atoms with Gasteiger partial charge in [-0.25, -0.2) is 8.78 Å². The van der Waals surface area contributed by atoms with Gasteiger partial charge >= 0.3 is 0 Å². The zero-order chi connectivity index (χ0) is 11.3. The first-order valence-corrected chi connectivity index (χ1v) is 5.89. The fraction of sp³-hybridized carbons (Fsp3) is 0.538. The Balaban J connectivity index is 2.15. The van der Waals surface area contributed by atoms with Crippen molar-refractivity contribution in [2.24, 2.45) is 5.92 Å². The standard InChI is InChI=1S/C13H15F2N/c1-7-6-16-13(8-2-3-8)12-10(15)5-4-9(14)11(7)12/h4-5,7-8,13,16H,2-3,6H2,1H3. The second-order valence-corrected chi connectivity index (χ2v) is 4.98. The molecule has 0 spiro atoms. The first-order valence-electron chi connectivity index (χ1n) is 5.89. The molecule has 0 radical (unpaired) electrons. The van der Waals surface area contributed by atoms with Gasteiger partial charge in [0.25, 0.3) is 0 Å². The van der Waals surface area contributed by atoms with E-state index in [9.17, 15) is 8.78 Å². The minimum atomic E-state index is -0.257. The van der Waals surface area contributed by atoms with Crippen molar-refractivity contribution in [2.45, 2.75) is 31.7 Å². The average molecular weight is 223 g/mol. The Morgan fingerprint density at radius 1 is 1.12 bits per heavy atom. The van der Waals surface area contributed by atoms with Gasteiger partial charge in [-0.3, -0.25) is 0 Å². The topological polar surface area (TPSA) is 12.0 Å². The lowest BCUT2D eigenvalue weighted by Crippen LogP contribution is -2.34. The van der Waals surface area contributed by atoms with Gasteiger partial charge < -0.3 is 5.32 Å².